The van der Waals surface area contributed by atoms with E-state index in [9.17, 15) is 0 Å². The SMILES string of the molecule is Clc1ccc(Nc2nccc3ccsc23)cn1. The van der Waals surface area contributed by atoms with E-state index in [1.807, 2.05) is 12.1 Å². The molecule has 3 nitrogen and oxygen atoms in total. The number of thiophene rings is 1. The van der Waals surface area contributed by atoms with Crippen molar-refractivity contribution in [3.05, 3.63) is 47.2 Å². The second-order valence-electron chi connectivity index (χ2n) is 3.49. The Morgan fingerprint density at radius 1 is 1.12 bits per heavy atom. The van der Waals surface area contributed by atoms with Crippen LogP contribution in [0, 0.1) is 0 Å². The van der Waals surface area contributed by atoms with E-state index in [2.05, 4.69) is 26.7 Å². The molecule has 0 atom stereocenters. The number of nitrogens with one attached hydrogen (secondary N) is 1. The van der Waals surface area contributed by atoms with Gasteiger partial charge in [0.15, 0.2) is 0 Å². The number of aromatic nitrogens is 2. The average molecular weight is 262 g/mol. The van der Waals surface area contributed by atoms with Crippen molar-refractivity contribution in [3.63, 3.8) is 0 Å². The van der Waals surface area contributed by atoms with Crippen molar-refractivity contribution in [2.24, 2.45) is 0 Å². The molecule has 3 rings (SSSR count). The molecule has 5 heteroatoms. The molecule has 0 aliphatic rings. The van der Waals surface area contributed by atoms with Crippen molar-refractivity contribution in [3.8, 4) is 0 Å². The molecule has 0 spiro atoms. The summed E-state index contributed by atoms with van der Waals surface area (Å²) in [5.74, 6) is 0.849. The maximum atomic E-state index is 5.74. The summed E-state index contributed by atoms with van der Waals surface area (Å²) in [6.07, 6.45) is 3.48. The highest BCUT2D eigenvalue weighted by molar-refractivity contribution is 7.17. The van der Waals surface area contributed by atoms with Crippen molar-refractivity contribution >= 4 is 44.5 Å². The van der Waals surface area contributed by atoms with Gasteiger partial charge in [0.1, 0.15) is 11.0 Å². The Morgan fingerprint density at radius 2 is 2.06 bits per heavy atom. The fourth-order valence-corrected chi connectivity index (χ4v) is 2.52. The fourth-order valence-electron chi connectivity index (χ4n) is 1.57. The highest BCUT2D eigenvalue weighted by Crippen LogP contribution is 2.28. The molecule has 0 unspecified atom stereocenters. The van der Waals surface area contributed by atoms with Crippen LogP contribution in [0.4, 0.5) is 11.5 Å². The minimum atomic E-state index is 0.484. The molecule has 84 valence electrons. The zero-order valence-corrected chi connectivity index (χ0v) is 10.3. The quantitative estimate of drug-likeness (QED) is 0.706. The Labute approximate surface area is 107 Å². The van der Waals surface area contributed by atoms with Crippen LogP contribution in [0.5, 0.6) is 0 Å². The third-order valence-electron chi connectivity index (χ3n) is 2.36. The molecule has 3 aromatic rings. The van der Waals surface area contributed by atoms with Gasteiger partial charge in [-0.15, -0.1) is 11.3 Å². The number of hydrogen-bond donors (Lipinski definition) is 1. The maximum Gasteiger partial charge on any atom is 0.148 e. The first-order valence-corrected chi connectivity index (χ1v) is 6.29. The minimum absolute atomic E-state index is 0.484. The van der Waals surface area contributed by atoms with Crippen LogP contribution in [-0.4, -0.2) is 9.97 Å². The molecule has 17 heavy (non-hydrogen) atoms. The maximum absolute atomic E-state index is 5.74. The van der Waals surface area contributed by atoms with Crippen LogP contribution in [0.25, 0.3) is 10.1 Å². The monoisotopic (exact) mass is 261 g/mol. The van der Waals surface area contributed by atoms with Gasteiger partial charge >= 0.3 is 0 Å². The van der Waals surface area contributed by atoms with E-state index in [0.717, 1.165) is 16.2 Å². The van der Waals surface area contributed by atoms with Gasteiger partial charge in [0.25, 0.3) is 0 Å². The molecule has 0 radical (unpaired) electrons. The van der Waals surface area contributed by atoms with E-state index in [1.54, 1.807) is 29.8 Å². The van der Waals surface area contributed by atoms with Gasteiger partial charge < -0.3 is 5.32 Å². The van der Waals surface area contributed by atoms with Gasteiger partial charge in [0.2, 0.25) is 0 Å². The summed E-state index contributed by atoms with van der Waals surface area (Å²) < 4.78 is 1.14. The van der Waals surface area contributed by atoms with Gasteiger partial charge in [-0.2, -0.15) is 0 Å². The lowest BCUT2D eigenvalue weighted by Gasteiger charge is -2.05. The van der Waals surface area contributed by atoms with E-state index in [4.69, 9.17) is 11.6 Å². The predicted molar refractivity (Wildman–Crippen MR) is 72.1 cm³/mol. The van der Waals surface area contributed by atoms with Gasteiger partial charge in [-0.05, 0) is 35.0 Å². The van der Waals surface area contributed by atoms with E-state index in [1.165, 1.54) is 5.39 Å². The molecule has 0 saturated carbocycles. The number of pyridine rings is 2. The number of halogens is 1. The molecule has 3 heterocycles. The number of fused-ring (bicyclic) bond motifs is 1. The standard InChI is InChI=1S/C12H8ClN3S/c13-10-2-1-9(7-15-10)16-12-11-8(3-5-14-12)4-6-17-11/h1-7H,(H,14,16). The Hall–Kier alpha value is -1.65. The van der Waals surface area contributed by atoms with Crippen molar-refractivity contribution in [1.82, 2.24) is 9.97 Å². The van der Waals surface area contributed by atoms with Gasteiger partial charge in [0, 0.05) is 6.20 Å². The molecule has 0 aliphatic carbocycles. The molecule has 0 aliphatic heterocycles. The normalized spacial score (nSPS) is 10.6. The van der Waals surface area contributed by atoms with Crippen LogP contribution in [0.1, 0.15) is 0 Å². The molecule has 0 amide bonds. The largest absolute Gasteiger partial charge is 0.338 e. The summed E-state index contributed by atoms with van der Waals surface area (Å²) in [6, 6.07) is 7.70. The molecule has 0 saturated heterocycles. The molecule has 0 fully saturated rings. The van der Waals surface area contributed by atoms with Crippen LogP contribution in [0.2, 0.25) is 5.15 Å². The van der Waals surface area contributed by atoms with Gasteiger partial charge in [-0.1, -0.05) is 11.6 Å². The average Bonchev–Trinajstić information content (AvgIpc) is 2.81. The predicted octanol–water partition coefficient (Wildman–Crippen LogP) is 4.09. The summed E-state index contributed by atoms with van der Waals surface area (Å²) >= 11 is 7.40. The third-order valence-corrected chi connectivity index (χ3v) is 3.52. The molecule has 1 N–H and O–H groups in total. The second-order valence-corrected chi connectivity index (χ2v) is 4.80. The molecular formula is C12H8ClN3S. The van der Waals surface area contributed by atoms with Crippen molar-refractivity contribution in [1.29, 1.82) is 0 Å². The van der Waals surface area contributed by atoms with Crippen molar-refractivity contribution in [2.45, 2.75) is 0 Å². The van der Waals surface area contributed by atoms with E-state index in [0.29, 0.717) is 5.15 Å². The van der Waals surface area contributed by atoms with Crippen LogP contribution in [0.15, 0.2) is 42.0 Å². The van der Waals surface area contributed by atoms with E-state index in [-0.39, 0.29) is 0 Å². The fraction of sp³-hybridized carbons (Fsp3) is 0. The van der Waals surface area contributed by atoms with Gasteiger partial charge in [-0.3, -0.25) is 0 Å². The Balaban J connectivity index is 1.99. The molecule has 0 bridgehead atoms. The number of rotatable bonds is 2. The number of anilines is 2. The Bertz CT molecular complexity index is 648. The first kappa shape index (κ1) is 10.5. The summed E-state index contributed by atoms with van der Waals surface area (Å²) in [6.45, 7) is 0. The minimum Gasteiger partial charge on any atom is -0.338 e. The van der Waals surface area contributed by atoms with Crippen LogP contribution < -0.4 is 5.32 Å². The summed E-state index contributed by atoms with van der Waals surface area (Å²) in [4.78, 5) is 8.36. The highest BCUT2D eigenvalue weighted by Gasteiger charge is 2.03. The van der Waals surface area contributed by atoms with E-state index >= 15 is 0 Å². The summed E-state index contributed by atoms with van der Waals surface area (Å²) in [5.41, 5.74) is 0.878. The lowest BCUT2D eigenvalue weighted by Crippen LogP contribution is -1.93. The Morgan fingerprint density at radius 3 is 2.88 bits per heavy atom. The Kier molecular flexibility index (Phi) is 2.66. The van der Waals surface area contributed by atoms with Crippen LogP contribution in [0.3, 0.4) is 0 Å². The first-order valence-electron chi connectivity index (χ1n) is 5.04. The van der Waals surface area contributed by atoms with E-state index < -0.39 is 0 Å². The first-order chi connectivity index (χ1) is 8.33. The highest BCUT2D eigenvalue weighted by atomic mass is 35.5. The topological polar surface area (TPSA) is 37.8 Å². The molecule has 3 aromatic heterocycles. The lowest BCUT2D eigenvalue weighted by atomic mass is 10.3. The molecular weight excluding hydrogens is 254 g/mol. The lowest BCUT2D eigenvalue weighted by molar-refractivity contribution is 1.30. The summed E-state index contributed by atoms with van der Waals surface area (Å²) in [7, 11) is 0. The van der Waals surface area contributed by atoms with Crippen LogP contribution >= 0.6 is 22.9 Å². The van der Waals surface area contributed by atoms with Crippen LogP contribution in [-0.2, 0) is 0 Å². The second kappa shape index (κ2) is 4.31. The van der Waals surface area contributed by atoms with Gasteiger partial charge in [-0.25, -0.2) is 9.97 Å². The zero-order valence-electron chi connectivity index (χ0n) is 8.72. The molecule has 0 aromatic carbocycles. The van der Waals surface area contributed by atoms with Crippen molar-refractivity contribution in [2.75, 3.05) is 5.32 Å². The van der Waals surface area contributed by atoms with Gasteiger partial charge in [0.05, 0.1) is 16.6 Å². The zero-order chi connectivity index (χ0) is 11.7. The number of hydrogen-bond acceptors (Lipinski definition) is 4. The van der Waals surface area contributed by atoms with Crippen molar-refractivity contribution < 1.29 is 0 Å². The number of nitrogens with zero attached hydrogens (tertiary/aromatic N) is 2. The summed E-state index contributed by atoms with van der Waals surface area (Å²) in [5, 5.41) is 6.97. The smallest absolute Gasteiger partial charge is 0.148 e. The third kappa shape index (κ3) is 2.09.